The lowest BCUT2D eigenvalue weighted by molar-refractivity contribution is -0.138. The lowest BCUT2D eigenvalue weighted by atomic mass is 9.95. The van der Waals surface area contributed by atoms with Crippen molar-refractivity contribution < 1.29 is 24.5 Å². The van der Waals surface area contributed by atoms with Gasteiger partial charge in [0.2, 0.25) is 0 Å². The molecule has 0 atom stereocenters. The zero-order valence-corrected chi connectivity index (χ0v) is 19.4. The number of rotatable bonds is 20. The average Bonchev–Trinajstić information content (AvgIpc) is 2.73. The molecule has 0 unspecified atom stereocenters. The van der Waals surface area contributed by atoms with E-state index in [1.807, 2.05) is 0 Å². The summed E-state index contributed by atoms with van der Waals surface area (Å²) < 4.78 is 6.10. The lowest BCUT2D eigenvalue weighted by Crippen LogP contribution is -2.03. The number of ether oxygens (including phenoxy) is 1. The predicted octanol–water partition coefficient (Wildman–Crippen LogP) is 6.80. The normalized spacial score (nSPS) is 10.9. The van der Waals surface area contributed by atoms with Crippen molar-refractivity contribution in [1.82, 2.24) is 0 Å². The molecule has 0 radical (unpaired) electrons. The average molecular weight is 435 g/mol. The molecule has 5 heteroatoms. The van der Waals surface area contributed by atoms with Gasteiger partial charge < -0.3 is 14.9 Å². The van der Waals surface area contributed by atoms with E-state index < -0.39 is 11.9 Å². The van der Waals surface area contributed by atoms with Crippen molar-refractivity contribution in [1.29, 1.82) is 0 Å². The van der Waals surface area contributed by atoms with E-state index >= 15 is 0 Å². The highest BCUT2D eigenvalue weighted by Gasteiger charge is 2.10. The number of unbranched alkanes of at least 4 members (excludes halogenated alkanes) is 9. The van der Waals surface area contributed by atoms with Crippen molar-refractivity contribution >= 4 is 11.9 Å². The Morgan fingerprint density at radius 1 is 0.742 bits per heavy atom. The number of carbonyl (C=O) groups is 2. The molecule has 0 aliphatic rings. The lowest BCUT2D eigenvalue weighted by Gasteiger charge is -2.16. The summed E-state index contributed by atoms with van der Waals surface area (Å²) in [7, 11) is 0. The summed E-state index contributed by atoms with van der Waals surface area (Å²) in [5.41, 5.74) is 2.72. The van der Waals surface area contributed by atoms with Crippen molar-refractivity contribution in [2.75, 3.05) is 6.61 Å². The standard InChI is InChI=1S/C26H42O5/c1-2-3-21-31-24-18-14-16-22(15-10-6-4-8-12-19-25(27)28)23(24)17-11-7-5-9-13-20-26(29)30/h14,16,18H,2-13,15,17,19-21H2,1H3,(H,27,28)(H,29,30). The monoisotopic (exact) mass is 434 g/mol. The van der Waals surface area contributed by atoms with Crippen molar-refractivity contribution in [3.63, 3.8) is 0 Å². The molecule has 0 amide bonds. The maximum atomic E-state index is 10.6. The summed E-state index contributed by atoms with van der Waals surface area (Å²) in [6.07, 6.45) is 14.9. The highest BCUT2D eigenvalue weighted by Crippen LogP contribution is 2.27. The molecule has 176 valence electrons. The van der Waals surface area contributed by atoms with Gasteiger partial charge in [0, 0.05) is 12.8 Å². The molecule has 0 aliphatic heterocycles. The fourth-order valence-electron chi connectivity index (χ4n) is 3.82. The van der Waals surface area contributed by atoms with Crippen molar-refractivity contribution in [2.45, 2.75) is 110 Å². The minimum absolute atomic E-state index is 0.272. The summed E-state index contributed by atoms with van der Waals surface area (Å²) in [5.74, 6) is -0.380. The second kappa shape index (κ2) is 17.6. The van der Waals surface area contributed by atoms with Gasteiger partial charge in [-0.05, 0) is 62.1 Å². The number of carboxylic acids is 2. The minimum Gasteiger partial charge on any atom is -0.493 e. The van der Waals surface area contributed by atoms with Crippen LogP contribution in [0, 0.1) is 0 Å². The summed E-state index contributed by atoms with van der Waals surface area (Å²) in [4.78, 5) is 21.2. The molecule has 1 aromatic carbocycles. The fourth-order valence-corrected chi connectivity index (χ4v) is 3.82. The molecule has 2 N–H and O–H groups in total. The minimum atomic E-state index is -0.704. The molecule has 31 heavy (non-hydrogen) atoms. The van der Waals surface area contributed by atoms with Gasteiger partial charge in [0.15, 0.2) is 0 Å². The third-order valence-corrected chi connectivity index (χ3v) is 5.64. The Balaban J connectivity index is 2.50. The fraction of sp³-hybridized carbons (Fsp3) is 0.692. The zero-order chi connectivity index (χ0) is 22.7. The van der Waals surface area contributed by atoms with Crippen molar-refractivity contribution in [3.8, 4) is 5.75 Å². The molecule has 0 aromatic heterocycles. The highest BCUT2D eigenvalue weighted by molar-refractivity contribution is 5.66. The number of aryl methyl sites for hydroxylation is 1. The molecule has 0 saturated heterocycles. The zero-order valence-electron chi connectivity index (χ0n) is 19.4. The third-order valence-electron chi connectivity index (χ3n) is 5.64. The van der Waals surface area contributed by atoms with Crippen LogP contribution in [0.4, 0.5) is 0 Å². The molecule has 1 aromatic rings. The van der Waals surface area contributed by atoms with Gasteiger partial charge in [-0.2, -0.15) is 0 Å². The first-order valence-electron chi connectivity index (χ1n) is 12.2. The van der Waals surface area contributed by atoms with Crippen LogP contribution in [0.3, 0.4) is 0 Å². The van der Waals surface area contributed by atoms with E-state index in [9.17, 15) is 9.59 Å². The molecule has 0 heterocycles. The second-order valence-electron chi connectivity index (χ2n) is 8.42. The Morgan fingerprint density at radius 3 is 1.87 bits per heavy atom. The van der Waals surface area contributed by atoms with Gasteiger partial charge in [0.05, 0.1) is 6.61 Å². The van der Waals surface area contributed by atoms with Gasteiger partial charge in [-0.1, -0.05) is 64.0 Å². The van der Waals surface area contributed by atoms with Gasteiger partial charge in [-0.3, -0.25) is 9.59 Å². The van der Waals surface area contributed by atoms with Gasteiger partial charge in [0.1, 0.15) is 5.75 Å². The van der Waals surface area contributed by atoms with Crippen LogP contribution < -0.4 is 4.74 Å². The summed E-state index contributed by atoms with van der Waals surface area (Å²) in [6.45, 7) is 2.92. The summed E-state index contributed by atoms with van der Waals surface area (Å²) in [5, 5.41) is 17.4. The van der Waals surface area contributed by atoms with E-state index in [-0.39, 0.29) is 12.8 Å². The Hall–Kier alpha value is -2.04. The van der Waals surface area contributed by atoms with Crippen LogP contribution in [0.1, 0.15) is 108 Å². The smallest absolute Gasteiger partial charge is 0.303 e. The third kappa shape index (κ3) is 13.8. The van der Waals surface area contributed by atoms with Crippen LogP contribution in [-0.4, -0.2) is 28.8 Å². The quantitative estimate of drug-likeness (QED) is 0.220. The number of benzene rings is 1. The molecule has 0 spiro atoms. The maximum Gasteiger partial charge on any atom is 0.303 e. The van der Waals surface area contributed by atoms with Crippen LogP contribution in [0.2, 0.25) is 0 Å². The maximum absolute atomic E-state index is 10.6. The van der Waals surface area contributed by atoms with Crippen LogP contribution in [-0.2, 0) is 22.4 Å². The van der Waals surface area contributed by atoms with Gasteiger partial charge in [-0.25, -0.2) is 0 Å². The van der Waals surface area contributed by atoms with Crippen molar-refractivity contribution in [2.24, 2.45) is 0 Å². The number of hydrogen-bond donors (Lipinski definition) is 2. The van der Waals surface area contributed by atoms with E-state index in [0.717, 1.165) is 102 Å². The first-order valence-corrected chi connectivity index (χ1v) is 12.2. The molecule has 0 saturated carbocycles. The number of aliphatic carboxylic acids is 2. The molecular weight excluding hydrogens is 392 g/mol. The van der Waals surface area contributed by atoms with Gasteiger partial charge in [0.25, 0.3) is 0 Å². The molecule has 5 nitrogen and oxygen atoms in total. The van der Waals surface area contributed by atoms with E-state index in [0.29, 0.717) is 0 Å². The first-order chi connectivity index (χ1) is 15.0. The SMILES string of the molecule is CCCCOc1cccc(CCCCCCCC(=O)O)c1CCCCCCCC(=O)O. The molecule has 0 bridgehead atoms. The molecular formula is C26H42O5. The van der Waals surface area contributed by atoms with E-state index in [2.05, 4.69) is 25.1 Å². The van der Waals surface area contributed by atoms with E-state index in [4.69, 9.17) is 14.9 Å². The number of hydrogen-bond acceptors (Lipinski definition) is 3. The predicted molar refractivity (Wildman–Crippen MR) is 125 cm³/mol. The second-order valence-corrected chi connectivity index (χ2v) is 8.42. The largest absolute Gasteiger partial charge is 0.493 e. The Morgan fingerprint density at radius 2 is 1.29 bits per heavy atom. The summed E-state index contributed by atoms with van der Waals surface area (Å²) >= 11 is 0. The van der Waals surface area contributed by atoms with Crippen LogP contribution in [0.25, 0.3) is 0 Å². The van der Waals surface area contributed by atoms with Crippen LogP contribution >= 0.6 is 0 Å². The molecule has 1 rings (SSSR count). The van der Waals surface area contributed by atoms with Gasteiger partial charge >= 0.3 is 11.9 Å². The highest BCUT2D eigenvalue weighted by atomic mass is 16.5. The van der Waals surface area contributed by atoms with E-state index in [1.54, 1.807) is 0 Å². The molecule has 0 fully saturated rings. The van der Waals surface area contributed by atoms with Crippen molar-refractivity contribution in [3.05, 3.63) is 29.3 Å². The summed E-state index contributed by atoms with van der Waals surface area (Å²) in [6, 6.07) is 6.41. The Kier molecular flexibility index (Phi) is 15.3. The topological polar surface area (TPSA) is 83.8 Å². The Bertz CT molecular complexity index is 626. The van der Waals surface area contributed by atoms with Crippen LogP contribution in [0.5, 0.6) is 5.75 Å². The van der Waals surface area contributed by atoms with E-state index in [1.165, 1.54) is 11.1 Å². The Labute approximate surface area is 188 Å². The first kappa shape index (κ1) is 27.0. The van der Waals surface area contributed by atoms with Gasteiger partial charge in [-0.15, -0.1) is 0 Å². The number of carboxylic acid groups (broad SMARTS) is 2. The molecule has 0 aliphatic carbocycles. The van der Waals surface area contributed by atoms with Crippen LogP contribution in [0.15, 0.2) is 18.2 Å².